The third-order valence-electron chi connectivity index (χ3n) is 7.83. The van der Waals surface area contributed by atoms with E-state index < -0.39 is 0 Å². The molecule has 0 saturated carbocycles. The number of carbonyl (C=O) groups is 2. The number of ether oxygens (including phenoxy) is 1. The van der Waals surface area contributed by atoms with Crippen molar-refractivity contribution >= 4 is 29.2 Å². The molecule has 2 saturated heterocycles. The van der Waals surface area contributed by atoms with E-state index in [0.717, 1.165) is 18.5 Å². The van der Waals surface area contributed by atoms with Gasteiger partial charge in [0.05, 0.1) is 11.7 Å². The lowest BCUT2D eigenvalue weighted by molar-refractivity contribution is -0.128. The summed E-state index contributed by atoms with van der Waals surface area (Å²) in [6.45, 7) is 10.2. The summed E-state index contributed by atoms with van der Waals surface area (Å²) in [7, 11) is 4.16. The molecule has 0 N–H and O–H groups in total. The van der Waals surface area contributed by atoms with E-state index >= 15 is 0 Å². The Hall–Kier alpha value is -3.10. The SMILES string of the molecule is C=CC(=O)N1CCN2C(=O)c3c(N4C[C@@H](N(C)C)CC4(C)C)nc(-c4ccccc4)c(Cl)c3OCC2C1. The van der Waals surface area contributed by atoms with Gasteiger partial charge >= 0.3 is 0 Å². The van der Waals surface area contributed by atoms with Crippen LogP contribution in [0.25, 0.3) is 11.3 Å². The van der Waals surface area contributed by atoms with Gasteiger partial charge in [-0.1, -0.05) is 48.5 Å². The molecule has 9 heteroatoms. The minimum atomic E-state index is -0.289. The van der Waals surface area contributed by atoms with E-state index in [9.17, 15) is 9.59 Å². The Morgan fingerprint density at radius 3 is 2.59 bits per heavy atom. The number of halogens is 1. The summed E-state index contributed by atoms with van der Waals surface area (Å²) in [5.74, 6) is 0.670. The van der Waals surface area contributed by atoms with Gasteiger partial charge in [-0.3, -0.25) is 9.59 Å². The van der Waals surface area contributed by atoms with Crippen LogP contribution in [0.15, 0.2) is 43.0 Å². The Balaban J connectivity index is 1.65. The molecular weight excluding hydrogens is 490 g/mol. The van der Waals surface area contributed by atoms with Crippen molar-refractivity contribution in [2.75, 3.05) is 51.8 Å². The molecule has 3 aliphatic rings. The van der Waals surface area contributed by atoms with Crippen molar-refractivity contribution in [2.24, 2.45) is 0 Å². The maximum Gasteiger partial charge on any atom is 0.261 e. The zero-order chi connectivity index (χ0) is 26.5. The quantitative estimate of drug-likeness (QED) is 0.571. The van der Waals surface area contributed by atoms with Crippen molar-refractivity contribution in [1.29, 1.82) is 0 Å². The van der Waals surface area contributed by atoms with Gasteiger partial charge in [0.15, 0.2) is 5.75 Å². The molecule has 2 amide bonds. The number of aromatic nitrogens is 1. The normalized spacial score (nSPS) is 22.9. The Kier molecular flexibility index (Phi) is 6.66. The molecule has 8 nitrogen and oxygen atoms in total. The summed E-state index contributed by atoms with van der Waals surface area (Å²) < 4.78 is 6.35. The number of anilines is 1. The highest BCUT2D eigenvalue weighted by atomic mass is 35.5. The van der Waals surface area contributed by atoms with E-state index in [0.29, 0.717) is 53.5 Å². The van der Waals surface area contributed by atoms with Gasteiger partial charge in [-0.25, -0.2) is 4.98 Å². The second-order valence-electron chi connectivity index (χ2n) is 10.9. The number of piperazine rings is 1. The first-order valence-electron chi connectivity index (χ1n) is 12.7. The van der Waals surface area contributed by atoms with E-state index in [1.165, 1.54) is 6.08 Å². The first kappa shape index (κ1) is 25.5. The van der Waals surface area contributed by atoms with Gasteiger partial charge in [0.1, 0.15) is 23.0 Å². The van der Waals surface area contributed by atoms with Crippen LogP contribution in [0.4, 0.5) is 5.82 Å². The lowest BCUT2D eigenvalue weighted by Crippen LogP contribution is -2.57. The second-order valence-corrected chi connectivity index (χ2v) is 11.2. The van der Waals surface area contributed by atoms with Crippen LogP contribution in [0.1, 0.15) is 30.6 Å². The van der Waals surface area contributed by atoms with Gasteiger partial charge in [0, 0.05) is 43.3 Å². The molecule has 2 aromatic rings. The van der Waals surface area contributed by atoms with E-state index in [1.807, 2.05) is 35.2 Å². The molecule has 37 heavy (non-hydrogen) atoms. The summed E-state index contributed by atoms with van der Waals surface area (Å²) in [5, 5.41) is 0.332. The number of pyridine rings is 1. The maximum atomic E-state index is 14.2. The highest BCUT2D eigenvalue weighted by Crippen LogP contribution is 2.46. The van der Waals surface area contributed by atoms with Crippen LogP contribution in [0, 0.1) is 0 Å². The van der Waals surface area contributed by atoms with Crippen LogP contribution < -0.4 is 9.64 Å². The largest absolute Gasteiger partial charge is 0.489 e. The van der Waals surface area contributed by atoms with E-state index in [2.05, 4.69) is 44.3 Å². The van der Waals surface area contributed by atoms with Crippen LogP contribution in [0.5, 0.6) is 5.75 Å². The Bertz CT molecular complexity index is 1230. The summed E-state index contributed by atoms with van der Waals surface area (Å²) in [6, 6.07) is 9.78. The number of benzene rings is 1. The van der Waals surface area contributed by atoms with Crippen molar-refractivity contribution in [3.8, 4) is 17.0 Å². The van der Waals surface area contributed by atoms with Gasteiger partial charge in [-0.15, -0.1) is 0 Å². The molecule has 2 fully saturated rings. The summed E-state index contributed by atoms with van der Waals surface area (Å²) >= 11 is 6.96. The molecule has 0 bridgehead atoms. The molecule has 3 aliphatic heterocycles. The first-order chi connectivity index (χ1) is 17.6. The lowest BCUT2D eigenvalue weighted by Gasteiger charge is -2.40. The smallest absolute Gasteiger partial charge is 0.261 e. The molecule has 5 rings (SSSR count). The molecule has 0 aliphatic carbocycles. The number of hydrogen-bond acceptors (Lipinski definition) is 6. The molecule has 196 valence electrons. The highest BCUT2D eigenvalue weighted by Gasteiger charge is 2.45. The van der Waals surface area contributed by atoms with Crippen LogP contribution in [-0.4, -0.2) is 96.0 Å². The fourth-order valence-electron chi connectivity index (χ4n) is 5.69. The number of fused-ring (bicyclic) bond motifs is 2. The highest BCUT2D eigenvalue weighted by molar-refractivity contribution is 6.35. The third-order valence-corrected chi connectivity index (χ3v) is 8.18. The predicted octanol–water partition coefficient (Wildman–Crippen LogP) is 3.55. The Morgan fingerprint density at radius 1 is 1.22 bits per heavy atom. The zero-order valence-corrected chi connectivity index (χ0v) is 22.7. The van der Waals surface area contributed by atoms with Gasteiger partial charge in [-0.2, -0.15) is 0 Å². The average Bonchev–Trinajstić information content (AvgIpc) is 3.13. The van der Waals surface area contributed by atoms with Crippen molar-refractivity contribution in [1.82, 2.24) is 19.7 Å². The molecular formula is C28H34ClN5O3. The fourth-order valence-corrected chi connectivity index (χ4v) is 5.99. The molecule has 1 unspecified atom stereocenters. The topological polar surface area (TPSA) is 69.2 Å². The summed E-state index contributed by atoms with van der Waals surface area (Å²) in [6.07, 6.45) is 2.24. The number of carbonyl (C=O) groups excluding carboxylic acids is 2. The molecule has 2 atom stereocenters. The number of amides is 2. The maximum absolute atomic E-state index is 14.2. The lowest BCUT2D eigenvalue weighted by atomic mass is 9.99. The molecule has 4 heterocycles. The number of rotatable bonds is 4. The molecule has 1 aromatic heterocycles. The average molecular weight is 524 g/mol. The zero-order valence-electron chi connectivity index (χ0n) is 21.9. The third kappa shape index (κ3) is 4.46. The number of likely N-dealkylation sites (N-methyl/N-ethyl adjacent to an activating group) is 1. The van der Waals surface area contributed by atoms with E-state index in [4.69, 9.17) is 21.3 Å². The first-order valence-corrected chi connectivity index (χ1v) is 13.1. The number of nitrogens with zero attached hydrogens (tertiary/aromatic N) is 5. The minimum absolute atomic E-state index is 0.144. The van der Waals surface area contributed by atoms with Crippen molar-refractivity contribution in [3.05, 3.63) is 53.6 Å². The van der Waals surface area contributed by atoms with Crippen molar-refractivity contribution in [2.45, 2.75) is 37.9 Å². The van der Waals surface area contributed by atoms with Crippen molar-refractivity contribution in [3.63, 3.8) is 0 Å². The minimum Gasteiger partial charge on any atom is -0.489 e. The van der Waals surface area contributed by atoms with Crippen molar-refractivity contribution < 1.29 is 14.3 Å². The summed E-state index contributed by atoms with van der Waals surface area (Å²) in [5.41, 5.74) is 1.62. The number of hydrogen-bond donors (Lipinski definition) is 0. The molecule has 1 aromatic carbocycles. The fraction of sp³-hybridized carbons (Fsp3) is 0.464. The van der Waals surface area contributed by atoms with Gasteiger partial charge < -0.3 is 24.3 Å². The molecule has 0 radical (unpaired) electrons. The summed E-state index contributed by atoms with van der Waals surface area (Å²) in [4.78, 5) is 39.6. The van der Waals surface area contributed by atoms with Crippen LogP contribution >= 0.6 is 11.6 Å². The standard InChI is InChI=1S/C28H34ClN5O3/c1-6-21(35)32-12-13-33-20(15-32)17-37-25-22(27(33)36)26(34-16-19(31(4)5)14-28(34,2)3)30-24(23(25)29)18-10-8-7-9-11-18/h6-11,19-20H,1,12-17H2,2-5H3/t19-,20?/m0/s1. The predicted molar refractivity (Wildman–Crippen MR) is 145 cm³/mol. The van der Waals surface area contributed by atoms with Gasteiger partial charge in [-0.05, 0) is 40.4 Å². The van der Waals surface area contributed by atoms with Crippen LogP contribution in [0.3, 0.4) is 0 Å². The Labute approximate surface area is 223 Å². The molecule has 0 spiro atoms. The van der Waals surface area contributed by atoms with E-state index in [1.54, 1.807) is 4.90 Å². The van der Waals surface area contributed by atoms with Gasteiger partial charge in [0.2, 0.25) is 5.91 Å². The Morgan fingerprint density at radius 2 is 1.95 bits per heavy atom. The van der Waals surface area contributed by atoms with Gasteiger partial charge in [0.25, 0.3) is 5.91 Å². The monoisotopic (exact) mass is 523 g/mol. The van der Waals surface area contributed by atoms with Crippen LogP contribution in [0.2, 0.25) is 5.02 Å². The van der Waals surface area contributed by atoms with Crippen LogP contribution in [-0.2, 0) is 4.79 Å². The van der Waals surface area contributed by atoms with E-state index in [-0.39, 0.29) is 30.0 Å². The second kappa shape index (κ2) is 9.65.